The van der Waals surface area contributed by atoms with Crippen LogP contribution in [-0.2, 0) is 38.4 Å². The van der Waals surface area contributed by atoms with Crippen LogP contribution in [0.1, 0.15) is 97.1 Å². The van der Waals surface area contributed by atoms with Crippen LogP contribution in [0.4, 0.5) is 4.79 Å². The molecule has 79 heavy (non-hydrogen) atoms. The second kappa shape index (κ2) is 26.7. The topological polar surface area (TPSA) is 181 Å². The van der Waals surface area contributed by atoms with E-state index in [1.807, 2.05) is 133 Å². The van der Waals surface area contributed by atoms with Crippen LogP contribution >= 0.6 is 0 Å². The number of carbonyl (C=O) groups excluding carboxylic acids is 5. The Bertz CT molecular complexity index is 3610. The van der Waals surface area contributed by atoms with E-state index < -0.39 is 18.1 Å². The first kappa shape index (κ1) is 59.0. The molecule has 0 bridgehead atoms. The highest BCUT2D eigenvalue weighted by Crippen LogP contribution is 2.43. The molecule has 0 aliphatic rings. The lowest BCUT2D eigenvalue weighted by molar-refractivity contribution is -0.132. The van der Waals surface area contributed by atoms with Crippen LogP contribution in [0.15, 0.2) is 150 Å². The summed E-state index contributed by atoms with van der Waals surface area (Å²) >= 11 is 0. The zero-order chi connectivity index (χ0) is 57.7. The van der Waals surface area contributed by atoms with Crippen molar-refractivity contribution in [2.24, 2.45) is 0 Å². The number of phenolic OH excluding ortho intramolecular Hbond substituents is 2. The van der Waals surface area contributed by atoms with Gasteiger partial charge in [-0.25, -0.2) is 4.79 Å². The number of allylic oxidation sites excluding steroid dienone is 6. The molecule has 0 fully saturated rings. The largest absolute Gasteiger partial charge is 0.519 e. The smallest absolute Gasteiger partial charge is 0.507 e. The molecule has 0 aliphatic carbocycles. The number of benzene rings is 8. The molecular formula is C66H66O13. The van der Waals surface area contributed by atoms with Gasteiger partial charge in [-0.05, 0) is 104 Å². The lowest BCUT2D eigenvalue weighted by atomic mass is 9.96. The Balaban J connectivity index is 0.000000224. The van der Waals surface area contributed by atoms with E-state index in [1.165, 1.54) is 33.3 Å². The molecule has 0 aliphatic heterocycles. The Labute approximate surface area is 460 Å². The molecule has 8 aromatic carbocycles. The van der Waals surface area contributed by atoms with Crippen molar-refractivity contribution >= 4 is 73.1 Å². The number of hydrogen-bond acceptors (Lipinski definition) is 13. The van der Waals surface area contributed by atoms with E-state index in [-0.39, 0.29) is 23.4 Å². The van der Waals surface area contributed by atoms with Crippen molar-refractivity contribution in [3.05, 3.63) is 178 Å². The van der Waals surface area contributed by atoms with Gasteiger partial charge in [0.1, 0.15) is 46.0 Å². The normalized spacial score (nSPS) is 10.5. The van der Waals surface area contributed by atoms with Gasteiger partial charge in [-0.3, -0.25) is 19.2 Å². The van der Waals surface area contributed by atoms with E-state index in [0.717, 1.165) is 38.6 Å². The number of aromatic hydroxyl groups is 2. The average Bonchev–Trinajstić information content (AvgIpc) is 3.42. The zero-order valence-electron chi connectivity index (χ0n) is 46.7. The van der Waals surface area contributed by atoms with Crippen molar-refractivity contribution < 1.29 is 62.6 Å². The quantitative estimate of drug-likeness (QED) is 0.0511. The molecule has 0 unspecified atom stereocenters. The Morgan fingerprint density at radius 3 is 1.14 bits per heavy atom. The molecule has 13 nitrogen and oxygen atoms in total. The fraction of sp³-hybridized carbons (Fsp3) is 0.227. The van der Waals surface area contributed by atoms with E-state index in [2.05, 4.69) is 0 Å². The second-order valence-electron chi connectivity index (χ2n) is 19.5. The fourth-order valence-electron chi connectivity index (χ4n) is 8.72. The maximum Gasteiger partial charge on any atom is 0.519 e. The molecule has 13 heteroatoms. The number of carbonyl (C=O) groups is 5. The minimum absolute atomic E-state index is 0.198. The van der Waals surface area contributed by atoms with Crippen LogP contribution in [0.3, 0.4) is 0 Å². The van der Waals surface area contributed by atoms with Crippen LogP contribution in [0, 0.1) is 13.8 Å². The van der Waals surface area contributed by atoms with Crippen LogP contribution in [0.5, 0.6) is 46.0 Å². The first-order valence-corrected chi connectivity index (χ1v) is 25.6. The minimum atomic E-state index is -0.928. The van der Waals surface area contributed by atoms with Gasteiger partial charge in [-0.15, -0.1) is 0 Å². The van der Waals surface area contributed by atoms with Crippen molar-refractivity contribution in [3.63, 3.8) is 0 Å². The molecule has 8 aromatic rings. The maximum absolute atomic E-state index is 13.5. The zero-order valence-corrected chi connectivity index (χ0v) is 46.7. The molecule has 2 N–H and O–H groups in total. The molecule has 408 valence electrons. The third-order valence-electron chi connectivity index (χ3n) is 12.3. The summed E-state index contributed by atoms with van der Waals surface area (Å²) in [5, 5.41) is 25.6. The molecular weight excluding hydrogens is 1000 g/mol. The summed E-state index contributed by atoms with van der Waals surface area (Å²) in [6.07, 6.45) is 6.61. The Morgan fingerprint density at radius 2 is 0.734 bits per heavy atom. The van der Waals surface area contributed by atoms with Gasteiger partial charge in [0.25, 0.3) is 0 Å². The Kier molecular flexibility index (Phi) is 19.9. The van der Waals surface area contributed by atoms with Gasteiger partial charge >= 0.3 is 30.0 Å². The van der Waals surface area contributed by atoms with Gasteiger partial charge in [-0.1, -0.05) is 132 Å². The van der Waals surface area contributed by atoms with Crippen molar-refractivity contribution in [1.82, 2.24) is 0 Å². The van der Waals surface area contributed by atoms with Gasteiger partial charge in [0.15, 0.2) is 0 Å². The van der Waals surface area contributed by atoms with Crippen molar-refractivity contribution in [3.8, 4) is 46.0 Å². The molecule has 0 aromatic heterocycles. The van der Waals surface area contributed by atoms with E-state index in [9.17, 15) is 34.2 Å². The Hall–Kier alpha value is -9.23. The molecule has 0 radical (unpaired) electrons. The van der Waals surface area contributed by atoms with Gasteiger partial charge in [0.2, 0.25) is 0 Å². The average molecular weight is 1070 g/mol. The first-order valence-electron chi connectivity index (χ1n) is 25.6. The molecule has 0 spiro atoms. The third-order valence-corrected chi connectivity index (χ3v) is 12.3. The molecule has 0 amide bonds. The summed E-state index contributed by atoms with van der Waals surface area (Å²) in [6, 6.07) is 34.2. The molecule has 0 saturated carbocycles. The van der Waals surface area contributed by atoms with Gasteiger partial charge in [0.05, 0.1) is 0 Å². The van der Waals surface area contributed by atoms with E-state index >= 15 is 0 Å². The first-order chi connectivity index (χ1) is 37.5. The lowest BCUT2D eigenvalue weighted by Crippen LogP contribution is -2.17. The summed E-state index contributed by atoms with van der Waals surface area (Å²) in [7, 11) is 0. The van der Waals surface area contributed by atoms with Crippen LogP contribution in [0.2, 0.25) is 0 Å². The van der Waals surface area contributed by atoms with Crippen molar-refractivity contribution in [2.75, 3.05) is 0 Å². The third kappa shape index (κ3) is 15.3. The Morgan fingerprint density at radius 1 is 0.392 bits per heavy atom. The SMILES string of the molecule is CC(=O)Oc1c(C)c(CC=C(C)C)c(O)c2ccccc12.CC(=O)Oc1c(C)cc(O)c2ccccc12.CC(=O)Oc1cc(CC=C(C)C)c(OC(=O)Oc2c(CC=C(C)C)cc(OC(C)=O)c3ccccc23)c2ccccc12. The summed E-state index contributed by atoms with van der Waals surface area (Å²) in [4.78, 5) is 59.6. The predicted octanol–water partition coefficient (Wildman–Crippen LogP) is 15.5. The van der Waals surface area contributed by atoms with Crippen molar-refractivity contribution in [1.29, 1.82) is 0 Å². The monoisotopic (exact) mass is 1070 g/mol. The van der Waals surface area contributed by atoms with E-state index in [0.29, 0.717) is 97.2 Å². The van der Waals surface area contributed by atoms with Crippen LogP contribution in [-0.4, -0.2) is 40.2 Å². The minimum Gasteiger partial charge on any atom is -0.507 e. The maximum atomic E-state index is 13.5. The van der Waals surface area contributed by atoms with E-state index in [1.54, 1.807) is 55.5 Å². The standard InChI is InChI=1S/C35H34O7.C18H20O3.C13H12O3/c1-21(2)15-17-25-19-31(39-23(5)36)27-11-7-9-13-29(27)33(25)41-35(38)42-34-26(18-16-22(3)4)20-32(40-24(6)37)28-12-8-10-14-30(28)34;1-11(2)9-10-14-12(3)18(21-13(4)19)16-8-6-5-7-15(16)17(14)20;1-8-7-12(15)10-5-3-4-6-11(10)13(8)16-9(2)14/h7-16,19-20H,17-18H2,1-6H3;5-9,20H,10H2,1-4H3;3-7,15H,1-2H3. The van der Waals surface area contributed by atoms with Gasteiger partial charge in [-0.2, -0.15) is 0 Å². The van der Waals surface area contributed by atoms with E-state index in [4.69, 9.17) is 28.4 Å². The van der Waals surface area contributed by atoms with Gasteiger partial charge < -0.3 is 38.6 Å². The summed E-state index contributed by atoms with van der Waals surface area (Å²) < 4.78 is 33.5. The van der Waals surface area contributed by atoms with Crippen molar-refractivity contribution in [2.45, 2.75) is 102 Å². The second-order valence-corrected chi connectivity index (χ2v) is 19.5. The highest BCUT2D eigenvalue weighted by Gasteiger charge is 2.23. The number of ether oxygens (including phenoxy) is 6. The van der Waals surface area contributed by atoms with Crippen LogP contribution in [0.25, 0.3) is 43.1 Å². The highest BCUT2D eigenvalue weighted by atomic mass is 16.7. The lowest BCUT2D eigenvalue weighted by Gasteiger charge is -2.18. The summed E-state index contributed by atoms with van der Waals surface area (Å²) in [5.74, 6) is 1.28. The molecule has 0 atom stereocenters. The fourth-order valence-corrected chi connectivity index (χ4v) is 8.72. The number of phenols is 2. The highest BCUT2D eigenvalue weighted by molar-refractivity contribution is 6.00. The number of rotatable bonds is 12. The summed E-state index contributed by atoms with van der Waals surface area (Å²) in [6.45, 7) is 21.0. The van der Waals surface area contributed by atoms with Crippen LogP contribution < -0.4 is 28.4 Å². The summed E-state index contributed by atoms with van der Waals surface area (Å²) in [5.41, 5.74) is 6.99. The molecule has 8 rings (SSSR count). The number of aryl methyl sites for hydroxylation is 1. The molecule has 0 heterocycles. The van der Waals surface area contributed by atoms with Gasteiger partial charge in [0, 0.05) is 87.5 Å². The molecule has 0 saturated heterocycles. The predicted molar refractivity (Wildman–Crippen MR) is 310 cm³/mol. The number of fused-ring (bicyclic) bond motifs is 4. The number of hydrogen-bond donors (Lipinski definition) is 2. The number of esters is 4.